The van der Waals surface area contributed by atoms with E-state index >= 15 is 0 Å². The van der Waals surface area contributed by atoms with E-state index in [4.69, 9.17) is 4.52 Å². The van der Waals surface area contributed by atoms with Crippen LogP contribution >= 0.6 is 0 Å². The highest BCUT2D eigenvalue weighted by molar-refractivity contribution is 5.92. The number of benzene rings is 1. The van der Waals surface area contributed by atoms with Gasteiger partial charge < -0.3 is 9.42 Å². The number of hydrogen-bond donors (Lipinski definition) is 0. The van der Waals surface area contributed by atoms with Crippen LogP contribution in [0.3, 0.4) is 0 Å². The third kappa shape index (κ3) is 3.15. The molecule has 0 unspecified atom stereocenters. The zero-order valence-corrected chi connectivity index (χ0v) is 12.5. The summed E-state index contributed by atoms with van der Waals surface area (Å²) in [7, 11) is 0. The molecule has 4 nitrogen and oxygen atoms in total. The quantitative estimate of drug-likeness (QED) is 0.842. The molecule has 1 aromatic carbocycles. The zero-order valence-electron chi connectivity index (χ0n) is 12.5. The summed E-state index contributed by atoms with van der Waals surface area (Å²) in [6.07, 6.45) is 2.28. The van der Waals surface area contributed by atoms with Crippen LogP contribution in [0.1, 0.15) is 54.4 Å². The topological polar surface area (TPSA) is 46.3 Å². The van der Waals surface area contributed by atoms with E-state index in [1.165, 1.54) is 0 Å². The summed E-state index contributed by atoms with van der Waals surface area (Å²) < 4.78 is 5.29. The van der Waals surface area contributed by atoms with Crippen LogP contribution in [0.2, 0.25) is 0 Å². The van der Waals surface area contributed by atoms with E-state index in [0.717, 1.165) is 24.2 Å². The maximum Gasteiger partial charge on any atom is 0.276 e. The van der Waals surface area contributed by atoms with Crippen molar-refractivity contribution in [1.82, 2.24) is 10.1 Å². The van der Waals surface area contributed by atoms with Crippen molar-refractivity contribution in [1.29, 1.82) is 0 Å². The summed E-state index contributed by atoms with van der Waals surface area (Å²) in [5.41, 5.74) is 1.53. The Hall–Kier alpha value is -2.10. The first-order valence-electron chi connectivity index (χ1n) is 7.46. The van der Waals surface area contributed by atoms with Gasteiger partial charge in [0.25, 0.3) is 5.91 Å². The number of rotatable bonds is 5. The number of carbonyl (C=O) groups is 1. The molecule has 21 heavy (non-hydrogen) atoms. The Kier molecular flexibility index (Phi) is 3.78. The summed E-state index contributed by atoms with van der Waals surface area (Å²) >= 11 is 0. The van der Waals surface area contributed by atoms with Gasteiger partial charge in [-0.15, -0.1) is 0 Å². The monoisotopic (exact) mass is 284 g/mol. The Bertz CT molecular complexity index is 615. The SMILES string of the molecule is CC(C)N(Cc1ccccc1)C(=O)c1cc(C2CC2)on1. The molecule has 2 aromatic rings. The number of amides is 1. The number of carbonyl (C=O) groups excluding carboxylic acids is 1. The second kappa shape index (κ2) is 5.72. The third-order valence-corrected chi connectivity index (χ3v) is 3.81. The molecular formula is C17H20N2O2. The van der Waals surface area contributed by atoms with Gasteiger partial charge in [0.2, 0.25) is 0 Å². The highest BCUT2D eigenvalue weighted by Gasteiger charge is 2.30. The number of hydrogen-bond acceptors (Lipinski definition) is 3. The third-order valence-electron chi connectivity index (χ3n) is 3.81. The van der Waals surface area contributed by atoms with Gasteiger partial charge in [0.05, 0.1) is 0 Å². The van der Waals surface area contributed by atoms with Crippen LogP contribution in [-0.4, -0.2) is 22.0 Å². The van der Waals surface area contributed by atoms with Gasteiger partial charge in [0.15, 0.2) is 5.69 Å². The summed E-state index contributed by atoms with van der Waals surface area (Å²) in [6, 6.07) is 11.9. The average molecular weight is 284 g/mol. The van der Waals surface area contributed by atoms with E-state index in [1.54, 1.807) is 6.07 Å². The van der Waals surface area contributed by atoms with Crippen molar-refractivity contribution in [3.8, 4) is 0 Å². The van der Waals surface area contributed by atoms with Crippen molar-refractivity contribution >= 4 is 5.91 Å². The van der Waals surface area contributed by atoms with Crippen molar-refractivity contribution in [2.45, 2.75) is 45.2 Å². The van der Waals surface area contributed by atoms with Gasteiger partial charge >= 0.3 is 0 Å². The molecule has 3 rings (SSSR count). The minimum atomic E-state index is -0.0653. The molecule has 0 saturated heterocycles. The standard InChI is InChI=1S/C17H20N2O2/c1-12(2)19(11-13-6-4-3-5-7-13)17(20)15-10-16(21-18-15)14-8-9-14/h3-7,10,12,14H,8-9,11H2,1-2H3. The van der Waals surface area contributed by atoms with E-state index in [-0.39, 0.29) is 11.9 Å². The van der Waals surface area contributed by atoms with Gasteiger partial charge in [0, 0.05) is 24.6 Å². The van der Waals surface area contributed by atoms with Gasteiger partial charge in [-0.3, -0.25) is 4.79 Å². The highest BCUT2D eigenvalue weighted by atomic mass is 16.5. The molecule has 0 bridgehead atoms. The number of nitrogens with zero attached hydrogens (tertiary/aromatic N) is 2. The average Bonchev–Trinajstić information content (AvgIpc) is 3.22. The molecule has 4 heteroatoms. The summed E-state index contributed by atoms with van der Waals surface area (Å²) in [6.45, 7) is 4.62. The van der Waals surface area contributed by atoms with Crippen LogP contribution in [0.25, 0.3) is 0 Å². The van der Waals surface area contributed by atoms with E-state index < -0.39 is 0 Å². The van der Waals surface area contributed by atoms with Gasteiger partial charge in [-0.2, -0.15) is 0 Å². The zero-order chi connectivity index (χ0) is 14.8. The summed E-state index contributed by atoms with van der Waals surface area (Å²) in [5, 5.41) is 3.96. The minimum Gasteiger partial charge on any atom is -0.360 e. The predicted octanol–water partition coefficient (Wildman–Crippen LogP) is 3.60. The molecule has 1 aromatic heterocycles. The Morgan fingerprint density at radius 2 is 2.05 bits per heavy atom. The van der Waals surface area contributed by atoms with Crippen molar-refractivity contribution in [3.05, 3.63) is 53.4 Å². The van der Waals surface area contributed by atoms with Gasteiger partial charge in [0.1, 0.15) is 5.76 Å². The predicted molar refractivity (Wildman–Crippen MR) is 79.9 cm³/mol. The molecule has 0 radical (unpaired) electrons. The minimum absolute atomic E-state index is 0.0653. The first-order valence-corrected chi connectivity index (χ1v) is 7.46. The molecule has 0 atom stereocenters. The molecule has 1 aliphatic carbocycles. The Morgan fingerprint density at radius 1 is 1.33 bits per heavy atom. The Morgan fingerprint density at radius 3 is 2.67 bits per heavy atom. The molecule has 0 aliphatic heterocycles. The summed E-state index contributed by atoms with van der Waals surface area (Å²) in [4.78, 5) is 14.5. The van der Waals surface area contributed by atoms with Gasteiger partial charge in [-0.05, 0) is 32.3 Å². The Balaban J connectivity index is 1.77. The highest BCUT2D eigenvalue weighted by Crippen LogP contribution is 2.40. The molecular weight excluding hydrogens is 264 g/mol. The normalized spacial score (nSPS) is 14.4. The lowest BCUT2D eigenvalue weighted by atomic mass is 10.1. The molecule has 1 saturated carbocycles. The maximum atomic E-state index is 12.7. The largest absolute Gasteiger partial charge is 0.360 e. The van der Waals surface area contributed by atoms with Gasteiger partial charge in [-0.1, -0.05) is 35.5 Å². The van der Waals surface area contributed by atoms with Crippen molar-refractivity contribution in [2.75, 3.05) is 0 Å². The molecule has 1 heterocycles. The van der Waals surface area contributed by atoms with Crippen LogP contribution in [0.15, 0.2) is 40.9 Å². The van der Waals surface area contributed by atoms with E-state index in [1.807, 2.05) is 49.1 Å². The first kappa shape index (κ1) is 13.9. The Labute approximate surface area is 124 Å². The molecule has 110 valence electrons. The molecule has 1 aliphatic rings. The van der Waals surface area contributed by atoms with Crippen LogP contribution in [0, 0.1) is 0 Å². The summed E-state index contributed by atoms with van der Waals surface area (Å²) in [5.74, 6) is 1.26. The van der Waals surface area contributed by atoms with Crippen LogP contribution in [0.5, 0.6) is 0 Å². The van der Waals surface area contributed by atoms with Crippen molar-refractivity contribution in [2.24, 2.45) is 0 Å². The lowest BCUT2D eigenvalue weighted by Crippen LogP contribution is -2.36. The second-order valence-corrected chi connectivity index (χ2v) is 5.90. The van der Waals surface area contributed by atoms with Crippen molar-refractivity contribution in [3.63, 3.8) is 0 Å². The second-order valence-electron chi connectivity index (χ2n) is 5.90. The lowest BCUT2D eigenvalue weighted by molar-refractivity contribution is 0.0679. The smallest absolute Gasteiger partial charge is 0.276 e. The van der Waals surface area contributed by atoms with E-state index in [2.05, 4.69) is 5.16 Å². The molecule has 1 fully saturated rings. The van der Waals surface area contributed by atoms with Crippen LogP contribution in [-0.2, 0) is 6.54 Å². The molecule has 0 spiro atoms. The molecule has 0 N–H and O–H groups in total. The van der Waals surface area contributed by atoms with E-state index in [0.29, 0.717) is 18.2 Å². The fourth-order valence-electron chi connectivity index (χ4n) is 2.37. The van der Waals surface area contributed by atoms with Crippen LogP contribution < -0.4 is 0 Å². The van der Waals surface area contributed by atoms with E-state index in [9.17, 15) is 4.79 Å². The maximum absolute atomic E-state index is 12.7. The fraction of sp³-hybridized carbons (Fsp3) is 0.412. The lowest BCUT2D eigenvalue weighted by Gasteiger charge is -2.25. The fourth-order valence-corrected chi connectivity index (χ4v) is 2.37. The molecule has 1 amide bonds. The number of aromatic nitrogens is 1. The first-order chi connectivity index (χ1) is 10.1. The van der Waals surface area contributed by atoms with Crippen molar-refractivity contribution < 1.29 is 9.32 Å². The van der Waals surface area contributed by atoms with Gasteiger partial charge in [-0.25, -0.2) is 0 Å². The van der Waals surface area contributed by atoms with Crippen LogP contribution in [0.4, 0.5) is 0 Å².